The zero-order valence-electron chi connectivity index (χ0n) is 15.0. The number of alkyl halides is 5. The predicted octanol–water partition coefficient (Wildman–Crippen LogP) is 4.03. The number of benzene rings is 2. The van der Waals surface area contributed by atoms with Gasteiger partial charge in [-0.15, -0.1) is 13.2 Å². The van der Waals surface area contributed by atoms with Crippen LogP contribution < -0.4 is 19.5 Å². The molecule has 2 aromatic rings. The number of nitro groups is 1. The summed E-state index contributed by atoms with van der Waals surface area (Å²) < 4.78 is 74.1. The van der Waals surface area contributed by atoms with Gasteiger partial charge < -0.3 is 19.5 Å². The van der Waals surface area contributed by atoms with Crippen LogP contribution >= 0.6 is 0 Å². The van der Waals surface area contributed by atoms with E-state index in [1.54, 1.807) is 0 Å². The van der Waals surface area contributed by atoms with Crippen LogP contribution in [-0.4, -0.2) is 30.9 Å². The summed E-state index contributed by atoms with van der Waals surface area (Å²) >= 11 is 0. The van der Waals surface area contributed by atoms with Gasteiger partial charge in [-0.2, -0.15) is 8.78 Å². The number of halogens is 5. The molecular formula is C17H13F5N2O6. The van der Waals surface area contributed by atoms with E-state index in [0.717, 1.165) is 25.3 Å². The first-order chi connectivity index (χ1) is 14.0. The van der Waals surface area contributed by atoms with Crippen molar-refractivity contribution in [2.24, 2.45) is 0 Å². The lowest BCUT2D eigenvalue weighted by molar-refractivity contribution is -0.385. The molecule has 0 fully saturated rings. The summed E-state index contributed by atoms with van der Waals surface area (Å²) in [6.07, 6.45) is -4.85. The van der Waals surface area contributed by atoms with E-state index < -0.39 is 46.6 Å². The number of rotatable bonds is 8. The maximum Gasteiger partial charge on any atom is 0.573 e. The minimum absolute atomic E-state index is 0.195. The number of methoxy groups -OCH3 is 1. The van der Waals surface area contributed by atoms with Crippen molar-refractivity contribution >= 4 is 11.6 Å². The van der Waals surface area contributed by atoms with Crippen LogP contribution in [-0.2, 0) is 6.54 Å². The second kappa shape index (κ2) is 9.24. The number of amides is 1. The zero-order valence-corrected chi connectivity index (χ0v) is 15.0. The molecule has 0 heterocycles. The quantitative estimate of drug-likeness (QED) is 0.381. The van der Waals surface area contributed by atoms with Crippen LogP contribution in [0.3, 0.4) is 0 Å². The molecule has 2 rings (SSSR count). The van der Waals surface area contributed by atoms with Crippen LogP contribution in [0.5, 0.6) is 17.2 Å². The van der Waals surface area contributed by atoms with Gasteiger partial charge in [0, 0.05) is 12.6 Å². The van der Waals surface area contributed by atoms with Gasteiger partial charge in [-0.05, 0) is 17.7 Å². The van der Waals surface area contributed by atoms with Crippen LogP contribution in [0.1, 0.15) is 15.9 Å². The smallest absolute Gasteiger partial charge is 0.493 e. The molecule has 0 aromatic heterocycles. The first-order valence-electron chi connectivity index (χ1n) is 7.94. The molecule has 2 aromatic carbocycles. The van der Waals surface area contributed by atoms with Crippen LogP contribution in [0, 0.1) is 10.1 Å². The maximum absolute atomic E-state index is 12.5. The monoisotopic (exact) mass is 436 g/mol. The molecule has 0 saturated carbocycles. The molecule has 13 heteroatoms. The van der Waals surface area contributed by atoms with Crippen LogP contribution in [0.25, 0.3) is 0 Å². The topological polar surface area (TPSA) is 99.9 Å². The van der Waals surface area contributed by atoms with Gasteiger partial charge in [0.1, 0.15) is 11.3 Å². The van der Waals surface area contributed by atoms with Gasteiger partial charge in [0.15, 0.2) is 11.5 Å². The zero-order chi connectivity index (χ0) is 22.5. The van der Waals surface area contributed by atoms with Gasteiger partial charge >= 0.3 is 13.0 Å². The molecule has 0 atom stereocenters. The third-order valence-corrected chi connectivity index (χ3v) is 3.55. The standard InChI is InChI=1S/C17H13F5N2O6/c1-28-13-6-11(12(24(26)27)7-14(13)29-16(18)19)15(25)23-8-9-2-4-10(5-3-9)30-17(20,21)22/h2-7,16H,8H2,1H3,(H,23,25). The lowest BCUT2D eigenvalue weighted by Gasteiger charge is -2.12. The summed E-state index contributed by atoms with van der Waals surface area (Å²) in [5.74, 6) is -2.37. The van der Waals surface area contributed by atoms with Crippen molar-refractivity contribution in [3.8, 4) is 17.2 Å². The third kappa shape index (κ3) is 6.18. The number of hydrogen-bond acceptors (Lipinski definition) is 6. The Kier molecular flexibility index (Phi) is 6.97. The Bertz CT molecular complexity index is 918. The molecule has 0 aliphatic rings. The number of ether oxygens (including phenoxy) is 3. The van der Waals surface area contributed by atoms with E-state index in [4.69, 9.17) is 4.74 Å². The number of nitro benzene ring substituents is 1. The third-order valence-electron chi connectivity index (χ3n) is 3.55. The Morgan fingerprint density at radius 1 is 1.17 bits per heavy atom. The Balaban J connectivity index is 2.18. The Labute approximate surface area is 165 Å². The van der Waals surface area contributed by atoms with E-state index in [9.17, 15) is 36.9 Å². The lowest BCUT2D eigenvalue weighted by atomic mass is 10.1. The molecule has 162 valence electrons. The highest BCUT2D eigenvalue weighted by molar-refractivity contribution is 5.99. The number of carbonyl (C=O) groups is 1. The van der Waals surface area contributed by atoms with Crippen molar-refractivity contribution in [1.29, 1.82) is 0 Å². The fourth-order valence-electron chi connectivity index (χ4n) is 2.32. The summed E-state index contributed by atoms with van der Waals surface area (Å²) in [7, 11) is 1.09. The minimum Gasteiger partial charge on any atom is -0.493 e. The summed E-state index contributed by atoms with van der Waals surface area (Å²) in [5, 5.41) is 13.6. The molecule has 0 aliphatic carbocycles. The SMILES string of the molecule is COc1cc(C(=O)NCc2ccc(OC(F)(F)F)cc2)c([N+](=O)[O-])cc1OC(F)F. The van der Waals surface area contributed by atoms with Gasteiger partial charge in [-0.1, -0.05) is 12.1 Å². The van der Waals surface area contributed by atoms with Crippen molar-refractivity contribution in [2.45, 2.75) is 19.5 Å². The highest BCUT2D eigenvalue weighted by atomic mass is 19.4. The van der Waals surface area contributed by atoms with E-state index in [-0.39, 0.29) is 12.3 Å². The molecular weight excluding hydrogens is 423 g/mol. The molecule has 30 heavy (non-hydrogen) atoms. The molecule has 0 radical (unpaired) electrons. The normalized spacial score (nSPS) is 11.2. The van der Waals surface area contributed by atoms with Gasteiger partial charge in [0.05, 0.1) is 18.1 Å². The minimum atomic E-state index is -4.85. The molecule has 0 bridgehead atoms. The van der Waals surface area contributed by atoms with Crippen LogP contribution in [0.15, 0.2) is 36.4 Å². The number of nitrogens with zero attached hydrogens (tertiary/aromatic N) is 1. The van der Waals surface area contributed by atoms with E-state index in [1.165, 1.54) is 12.1 Å². The van der Waals surface area contributed by atoms with Crippen molar-refractivity contribution < 1.29 is 45.9 Å². The average Bonchev–Trinajstić information content (AvgIpc) is 2.65. The van der Waals surface area contributed by atoms with Crippen molar-refractivity contribution in [3.05, 3.63) is 57.6 Å². The highest BCUT2D eigenvalue weighted by Gasteiger charge is 2.31. The molecule has 1 N–H and O–H groups in total. The fourth-order valence-corrected chi connectivity index (χ4v) is 2.32. The first-order valence-corrected chi connectivity index (χ1v) is 7.94. The van der Waals surface area contributed by atoms with Gasteiger partial charge in [-0.25, -0.2) is 0 Å². The number of hydrogen-bond donors (Lipinski definition) is 1. The molecule has 1 amide bonds. The molecule has 0 aliphatic heterocycles. The van der Waals surface area contributed by atoms with E-state index in [2.05, 4.69) is 14.8 Å². The van der Waals surface area contributed by atoms with Crippen LogP contribution in [0.4, 0.5) is 27.6 Å². The number of carbonyl (C=O) groups excluding carboxylic acids is 1. The first kappa shape index (κ1) is 22.6. The summed E-state index contributed by atoms with van der Waals surface area (Å²) in [6, 6.07) is 6.04. The summed E-state index contributed by atoms with van der Waals surface area (Å²) in [5.41, 5.74) is -0.932. The average molecular weight is 436 g/mol. The number of nitrogens with one attached hydrogen (secondary N) is 1. The summed E-state index contributed by atoms with van der Waals surface area (Å²) in [4.78, 5) is 22.6. The Morgan fingerprint density at radius 3 is 2.30 bits per heavy atom. The lowest BCUT2D eigenvalue weighted by Crippen LogP contribution is -2.24. The van der Waals surface area contributed by atoms with Crippen molar-refractivity contribution in [2.75, 3.05) is 7.11 Å². The molecule has 8 nitrogen and oxygen atoms in total. The van der Waals surface area contributed by atoms with Crippen LogP contribution in [0.2, 0.25) is 0 Å². The van der Waals surface area contributed by atoms with E-state index in [1.807, 2.05) is 0 Å². The van der Waals surface area contributed by atoms with Gasteiger partial charge in [-0.3, -0.25) is 14.9 Å². The van der Waals surface area contributed by atoms with Crippen molar-refractivity contribution in [1.82, 2.24) is 5.32 Å². The molecule has 0 unspecified atom stereocenters. The van der Waals surface area contributed by atoms with Gasteiger partial charge in [0.2, 0.25) is 0 Å². The van der Waals surface area contributed by atoms with E-state index >= 15 is 0 Å². The highest BCUT2D eigenvalue weighted by Crippen LogP contribution is 2.35. The largest absolute Gasteiger partial charge is 0.573 e. The van der Waals surface area contributed by atoms with Crippen molar-refractivity contribution in [3.63, 3.8) is 0 Å². The van der Waals surface area contributed by atoms with Gasteiger partial charge in [0.25, 0.3) is 11.6 Å². The summed E-state index contributed by atoms with van der Waals surface area (Å²) in [6.45, 7) is -3.47. The molecule has 0 spiro atoms. The predicted molar refractivity (Wildman–Crippen MR) is 90.6 cm³/mol. The second-order valence-corrected chi connectivity index (χ2v) is 5.53. The Morgan fingerprint density at radius 2 is 1.80 bits per heavy atom. The maximum atomic E-state index is 12.5. The fraction of sp³-hybridized carbons (Fsp3) is 0.235. The van der Waals surface area contributed by atoms with E-state index in [0.29, 0.717) is 11.6 Å². The molecule has 0 saturated heterocycles. The second-order valence-electron chi connectivity index (χ2n) is 5.53. The Hall–Kier alpha value is -3.64.